The zero-order chi connectivity index (χ0) is 11.5. The molecule has 2 rings (SSSR count). The first-order valence-corrected chi connectivity index (χ1v) is 6.03. The van der Waals surface area contributed by atoms with Crippen molar-refractivity contribution in [3.05, 3.63) is 18.2 Å². The Morgan fingerprint density at radius 3 is 3.00 bits per heavy atom. The Kier molecular flexibility index (Phi) is 3.61. The number of aliphatic hydroxyl groups is 1. The summed E-state index contributed by atoms with van der Waals surface area (Å²) in [5.41, 5.74) is 0. The van der Waals surface area contributed by atoms with Gasteiger partial charge in [-0.3, -0.25) is 4.90 Å². The summed E-state index contributed by atoms with van der Waals surface area (Å²) in [6.07, 6.45) is 5.98. The van der Waals surface area contributed by atoms with E-state index in [1.807, 2.05) is 19.4 Å². The summed E-state index contributed by atoms with van der Waals surface area (Å²) in [5, 5.41) is 9.36. The molecule has 1 N–H and O–H groups in total. The van der Waals surface area contributed by atoms with E-state index in [1.54, 1.807) is 0 Å². The average molecular weight is 223 g/mol. The van der Waals surface area contributed by atoms with E-state index in [-0.39, 0.29) is 6.61 Å². The van der Waals surface area contributed by atoms with Crippen molar-refractivity contribution in [1.29, 1.82) is 0 Å². The van der Waals surface area contributed by atoms with Gasteiger partial charge in [0.2, 0.25) is 0 Å². The van der Waals surface area contributed by atoms with E-state index in [9.17, 15) is 5.11 Å². The van der Waals surface area contributed by atoms with E-state index in [4.69, 9.17) is 0 Å². The van der Waals surface area contributed by atoms with Crippen LogP contribution < -0.4 is 0 Å². The third-order valence-electron chi connectivity index (χ3n) is 3.73. The molecule has 0 aliphatic carbocycles. The molecule has 1 aromatic rings. The summed E-state index contributed by atoms with van der Waals surface area (Å²) in [6, 6.07) is 0.347. The number of aliphatic hydroxyl groups excluding tert-OH is 1. The molecule has 1 aliphatic rings. The third-order valence-corrected chi connectivity index (χ3v) is 3.73. The second kappa shape index (κ2) is 4.97. The lowest BCUT2D eigenvalue weighted by molar-refractivity contribution is 0.140. The molecule has 90 valence electrons. The van der Waals surface area contributed by atoms with Crippen LogP contribution >= 0.6 is 0 Å². The first-order chi connectivity index (χ1) is 7.72. The fourth-order valence-electron chi connectivity index (χ4n) is 2.54. The molecule has 0 spiro atoms. The van der Waals surface area contributed by atoms with Crippen molar-refractivity contribution in [3.63, 3.8) is 0 Å². The van der Waals surface area contributed by atoms with Crippen LogP contribution in [0.4, 0.5) is 0 Å². The van der Waals surface area contributed by atoms with Crippen LogP contribution in [-0.2, 0) is 13.5 Å². The van der Waals surface area contributed by atoms with Crippen molar-refractivity contribution in [3.8, 4) is 0 Å². The number of likely N-dealkylation sites (tertiary alicyclic amines) is 1. The normalized spacial score (nSPS) is 26.4. The minimum absolute atomic E-state index is 0.279. The van der Waals surface area contributed by atoms with Crippen LogP contribution in [0, 0.1) is 5.92 Å². The summed E-state index contributed by atoms with van der Waals surface area (Å²) >= 11 is 0. The molecule has 1 aromatic heterocycles. The van der Waals surface area contributed by atoms with Crippen LogP contribution in [0.25, 0.3) is 0 Å². The molecule has 4 nitrogen and oxygen atoms in total. The average Bonchev–Trinajstić information content (AvgIpc) is 2.82. The Labute approximate surface area is 96.9 Å². The Morgan fingerprint density at radius 2 is 2.38 bits per heavy atom. The van der Waals surface area contributed by atoms with Gasteiger partial charge in [0, 0.05) is 38.4 Å². The highest BCUT2D eigenvalue weighted by atomic mass is 16.3. The number of aryl methyl sites for hydroxylation is 1. The van der Waals surface area contributed by atoms with Crippen molar-refractivity contribution >= 4 is 0 Å². The van der Waals surface area contributed by atoms with Crippen LogP contribution in [0.15, 0.2) is 12.4 Å². The maximum atomic E-state index is 9.36. The first kappa shape index (κ1) is 11.6. The van der Waals surface area contributed by atoms with Crippen LogP contribution in [0.3, 0.4) is 0 Å². The number of hydrogen-bond acceptors (Lipinski definition) is 3. The van der Waals surface area contributed by atoms with E-state index in [0.29, 0.717) is 12.0 Å². The van der Waals surface area contributed by atoms with Gasteiger partial charge in [0.1, 0.15) is 5.82 Å². The fraction of sp³-hybridized carbons (Fsp3) is 0.750. The number of imidazole rings is 1. The largest absolute Gasteiger partial charge is 0.395 e. The van der Waals surface area contributed by atoms with Gasteiger partial charge in [-0.1, -0.05) is 6.92 Å². The van der Waals surface area contributed by atoms with Gasteiger partial charge < -0.3 is 9.67 Å². The molecule has 16 heavy (non-hydrogen) atoms. The lowest BCUT2D eigenvalue weighted by Crippen LogP contribution is -2.36. The van der Waals surface area contributed by atoms with Gasteiger partial charge in [-0.15, -0.1) is 0 Å². The van der Waals surface area contributed by atoms with Gasteiger partial charge in [0.15, 0.2) is 0 Å². The van der Waals surface area contributed by atoms with E-state index in [2.05, 4.69) is 21.4 Å². The van der Waals surface area contributed by atoms with Crippen LogP contribution in [-0.4, -0.2) is 45.3 Å². The van der Waals surface area contributed by atoms with Gasteiger partial charge in [0.05, 0.1) is 6.61 Å². The van der Waals surface area contributed by atoms with Crippen LogP contribution in [0.2, 0.25) is 0 Å². The smallest absolute Gasteiger partial charge is 0.109 e. The van der Waals surface area contributed by atoms with Gasteiger partial charge in [-0.05, 0) is 18.9 Å². The summed E-state index contributed by atoms with van der Waals surface area (Å²) < 4.78 is 2.06. The second-order valence-electron chi connectivity index (χ2n) is 4.76. The molecular formula is C12H21N3O. The molecule has 2 heterocycles. The zero-order valence-electron chi connectivity index (χ0n) is 10.1. The summed E-state index contributed by atoms with van der Waals surface area (Å²) in [6.45, 7) is 4.61. The molecule has 0 amide bonds. The van der Waals surface area contributed by atoms with Gasteiger partial charge in [0.25, 0.3) is 0 Å². The monoisotopic (exact) mass is 223 g/mol. The molecule has 0 aromatic carbocycles. The molecule has 2 atom stereocenters. The maximum absolute atomic E-state index is 9.36. The van der Waals surface area contributed by atoms with Crippen molar-refractivity contribution < 1.29 is 5.11 Å². The Hall–Kier alpha value is -0.870. The molecule has 1 aliphatic heterocycles. The third kappa shape index (κ3) is 2.28. The van der Waals surface area contributed by atoms with Crippen molar-refractivity contribution in [2.24, 2.45) is 13.0 Å². The summed E-state index contributed by atoms with van der Waals surface area (Å²) in [7, 11) is 2.03. The molecule has 0 saturated carbocycles. The quantitative estimate of drug-likeness (QED) is 0.815. The molecular weight excluding hydrogens is 202 g/mol. The predicted molar refractivity (Wildman–Crippen MR) is 63.1 cm³/mol. The Bertz CT molecular complexity index is 337. The highest BCUT2D eigenvalue weighted by molar-refractivity contribution is 4.93. The van der Waals surface area contributed by atoms with Gasteiger partial charge in [-0.25, -0.2) is 4.98 Å². The Balaban J connectivity index is 1.89. The SMILES string of the molecule is CC1CCN(CCc2nccn2C)C1CO. The van der Waals surface area contributed by atoms with E-state index in [0.717, 1.165) is 25.3 Å². The summed E-state index contributed by atoms with van der Waals surface area (Å²) in [5.74, 6) is 1.74. The molecule has 0 bridgehead atoms. The predicted octanol–water partition coefficient (Wildman–Crippen LogP) is 0.665. The van der Waals surface area contributed by atoms with E-state index < -0.39 is 0 Å². The minimum Gasteiger partial charge on any atom is -0.395 e. The van der Waals surface area contributed by atoms with Gasteiger partial charge >= 0.3 is 0 Å². The van der Waals surface area contributed by atoms with Crippen molar-refractivity contribution in [2.75, 3.05) is 19.7 Å². The number of rotatable bonds is 4. The topological polar surface area (TPSA) is 41.3 Å². The van der Waals surface area contributed by atoms with E-state index >= 15 is 0 Å². The maximum Gasteiger partial charge on any atom is 0.109 e. The van der Waals surface area contributed by atoms with Crippen molar-refractivity contribution in [1.82, 2.24) is 14.5 Å². The highest BCUT2D eigenvalue weighted by Crippen LogP contribution is 2.23. The van der Waals surface area contributed by atoms with E-state index in [1.165, 1.54) is 6.42 Å². The highest BCUT2D eigenvalue weighted by Gasteiger charge is 2.29. The molecule has 2 unspecified atom stereocenters. The van der Waals surface area contributed by atoms with Crippen LogP contribution in [0.1, 0.15) is 19.2 Å². The lowest BCUT2D eigenvalue weighted by atomic mass is 10.0. The standard InChI is InChI=1S/C12H21N3O/c1-10-3-6-15(11(10)9-16)7-4-12-13-5-8-14(12)2/h5,8,10-11,16H,3-4,6-7,9H2,1-2H3. The number of nitrogens with zero attached hydrogens (tertiary/aromatic N) is 3. The second-order valence-corrected chi connectivity index (χ2v) is 4.76. The zero-order valence-corrected chi connectivity index (χ0v) is 10.1. The fourth-order valence-corrected chi connectivity index (χ4v) is 2.54. The number of aromatic nitrogens is 2. The number of hydrogen-bond donors (Lipinski definition) is 1. The molecule has 1 fully saturated rings. The van der Waals surface area contributed by atoms with Gasteiger partial charge in [-0.2, -0.15) is 0 Å². The Morgan fingerprint density at radius 1 is 1.56 bits per heavy atom. The molecule has 4 heteroatoms. The minimum atomic E-state index is 0.279. The molecule has 0 radical (unpaired) electrons. The first-order valence-electron chi connectivity index (χ1n) is 6.03. The van der Waals surface area contributed by atoms with Crippen molar-refractivity contribution in [2.45, 2.75) is 25.8 Å². The lowest BCUT2D eigenvalue weighted by Gasteiger charge is -2.24. The summed E-state index contributed by atoms with van der Waals surface area (Å²) in [4.78, 5) is 6.71. The molecule has 1 saturated heterocycles. The van der Waals surface area contributed by atoms with Crippen LogP contribution in [0.5, 0.6) is 0 Å².